The summed E-state index contributed by atoms with van der Waals surface area (Å²) in [5.74, 6) is -2.79. The summed E-state index contributed by atoms with van der Waals surface area (Å²) in [6, 6.07) is 9.57. The normalized spacial score (nSPS) is 16.2. The molecule has 23 heavy (non-hydrogen) atoms. The van der Waals surface area contributed by atoms with Crippen molar-refractivity contribution < 1.29 is 27.0 Å². The van der Waals surface area contributed by atoms with Crippen LogP contribution in [0.4, 0.5) is 17.6 Å². The fraction of sp³-hybridized carbons (Fsp3) is 0.176. The summed E-state index contributed by atoms with van der Waals surface area (Å²) in [7, 11) is 0. The van der Waals surface area contributed by atoms with E-state index in [1.807, 2.05) is 6.92 Å². The molecular weight excluding hydrogens is 312 g/mol. The van der Waals surface area contributed by atoms with Gasteiger partial charge in [-0.05, 0) is 30.2 Å². The number of rotatable bonds is 3. The monoisotopic (exact) mass is 324 g/mol. The lowest BCUT2D eigenvalue weighted by Crippen LogP contribution is -2.25. The molecule has 1 aliphatic heterocycles. The summed E-state index contributed by atoms with van der Waals surface area (Å²) in [5.41, 5.74) is 0.858. The lowest BCUT2D eigenvalue weighted by atomic mass is 10.1. The predicted octanol–water partition coefficient (Wildman–Crippen LogP) is 5.34. The SMILES string of the molecule is CCc1ccc(/C(F)=C(\F)c2ccc3c(c2)OC(F)(F)O3)cc1. The first kappa shape index (κ1) is 15.4. The minimum Gasteiger partial charge on any atom is -0.395 e. The van der Waals surface area contributed by atoms with Crippen LogP contribution in [0.5, 0.6) is 11.5 Å². The van der Waals surface area contributed by atoms with E-state index in [4.69, 9.17) is 0 Å². The molecule has 1 heterocycles. The van der Waals surface area contributed by atoms with Crippen LogP contribution in [0.15, 0.2) is 42.5 Å². The minimum atomic E-state index is -3.80. The van der Waals surface area contributed by atoms with Gasteiger partial charge in [-0.1, -0.05) is 31.2 Å². The van der Waals surface area contributed by atoms with E-state index in [1.54, 1.807) is 12.1 Å². The Labute approximate surface area is 130 Å². The third-order valence-corrected chi connectivity index (χ3v) is 3.46. The molecule has 3 rings (SSSR count). The first-order chi connectivity index (χ1) is 10.9. The summed E-state index contributed by atoms with van der Waals surface area (Å²) in [5, 5.41) is 0. The maximum atomic E-state index is 14.3. The predicted molar refractivity (Wildman–Crippen MR) is 77.5 cm³/mol. The summed E-state index contributed by atoms with van der Waals surface area (Å²) in [6.45, 7) is 1.95. The molecular formula is C17H12F4O2. The second-order valence-corrected chi connectivity index (χ2v) is 5.01. The fourth-order valence-corrected chi connectivity index (χ4v) is 2.23. The Hall–Kier alpha value is -2.50. The van der Waals surface area contributed by atoms with E-state index in [1.165, 1.54) is 12.1 Å². The van der Waals surface area contributed by atoms with Gasteiger partial charge in [-0.25, -0.2) is 8.78 Å². The molecule has 0 bridgehead atoms. The molecule has 0 amide bonds. The van der Waals surface area contributed by atoms with Crippen molar-refractivity contribution in [1.29, 1.82) is 0 Å². The highest BCUT2D eigenvalue weighted by Gasteiger charge is 2.43. The third kappa shape index (κ3) is 3.02. The first-order valence-electron chi connectivity index (χ1n) is 6.94. The van der Waals surface area contributed by atoms with E-state index in [0.717, 1.165) is 30.2 Å². The van der Waals surface area contributed by atoms with Crippen molar-refractivity contribution in [2.45, 2.75) is 19.6 Å². The van der Waals surface area contributed by atoms with E-state index in [-0.39, 0.29) is 22.6 Å². The molecule has 0 spiro atoms. The Morgan fingerprint density at radius 2 is 1.43 bits per heavy atom. The Morgan fingerprint density at radius 3 is 2.09 bits per heavy atom. The van der Waals surface area contributed by atoms with Crippen LogP contribution in [0.1, 0.15) is 23.6 Å². The second kappa shape index (κ2) is 5.61. The molecule has 0 aromatic heterocycles. The standard InChI is InChI=1S/C17H12F4O2/c1-2-10-3-5-11(6-4-10)15(18)16(19)12-7-8-13-14(9-12)23-17(20,21)22-13/h3-9H,2H2,1H3/b16-15+. The number of hydrogen-bond acceptors (Lipinski definition) is 2. The van der Waals surface area contributed by atoms with Crippen molar-refractivity contribution in [3.8, 4) is 11.5 Å². The van der Waals surface area contributed by atoms with Gasteiger partial charge in [0.25, 0.3) is 0 Å². The van der Waals surface area contributed by atoms with Crippen LogP contribution in [0.25, 0.3) is 11.7 Å². The number of halogens is 4. The van der Waals surface area contributed by atoms with Gasteiger partial charge >= 0.3 is 6.29 Å². The fourth-order valence-electron chi connectivity index (χ4n) is 2.23. The number of fused-ring (bicyclic) bond motifs is 1. The summed E-state index contributed by atoms with van der Waals surface area (Å²) < 4.78 is 62.8. The Kier molecular flexibility index (Phi) is 3.75. The molecule has 0 saturated carbocycles. The molecule has 0 aliphatic carbocycles. The van der Waals surface area contributed by atoms with Crippen LogP contribution >= 0.6 is 0 Å². The highest BCUT2D eigenvalue weighted by atomic mass is 19.3. The van der Waals surface area contributed by atoms with E-state index in [2.05, 4.69) is 9.47 Å². The maximum absolute atomic E-state index is 14.3. The zero-order valence-electron chi connectivity index (χ0n) is 12.1. The van der Waals surface area contributed by atoms with E-state index >= 15 is 0 Å². The molecule has 2 aromatic rings. The van der Waals surface area contributed by atoms with Gasteiger partial charge < -0.3 is 9.47 Å². The van der Waals surface area contributed by atoms with Gasteiger partial charge in [0.05, 0.1) is 0 Å². The largest absolute Gasteiger partial charge is 0.586 e. The average Bonchev–Trinajstić information content (AvgIpc) is 2.86. The Morgan fingerprint density at radius 1 is 0.870 bits per heavy atom. The Balaban J connectivity index is 1.94. The molecule has 0 fully saturated rings. The van der Waals surface area contributed by atoms with Crippen LogP contribution in [-0.2, 0) is 6.42 Å². The number of aryl methyl sites for hydroxylation is 1. The molecule has 120 valence electrons. The van der Waals surface area contributed by atoms with Gasteiger partial charge in [-0.15, -0.1) is 8.78 Å². The zero-order valence-corrected chi connectivity index (χ0v) is 12.1. The molecule has 0 radical (unpaired) electrons. The highest BCUT2D eigenvalue weighted by molar-refractivity contribution is 5.83. The van der Waals surface area contributed by atoms with Gasteiger partial charge in [0.2, 0.25) is 0 Å². The third-order valence-electron chi connectivity index (χ3n) is 3.46. The molecule has 2 nitrogen and oxygen atoms in total. The van der Waals surface area contributed by atoms with Gasteiger partial charge in [0, 0.05) is 11.1 Å². The molecule has 0 N–H and O–H groups in total. The van der Waals surface area contributed by atoms with Crippen LogP contribution < -0.4 is 9.47 Å². The minimum absolute atomic E-state index is 0.0719. The van der Waals surface area contributed by atoms with Crippen molar-refractivity contribution in [3.63, 3.8) is 0 Å². The summed E-state index contributed by atoms with van der Waals surface area (Å²) >= 11 is 0. The molecule has 2 aromatic carbocycles. The van der Waals surface area contributed by atoms with Crippen molar-refractivity contribution in [1.82, 2.24) is 0 Å². The zero-order chi connectivity index (χ0) is 16.6. The lowest BCUT2D eigenvalue weighted by molar-refractivity contribution is -0.286. The van der Waals surface area contributed by atoms with Crippen LogP contribution in [0.3, 0.4) is 0 Å². The molecule has 1 aliphatic rings. The van der Waals surface area contributed by atoms with Crippen molar-refractivity contribution in [3.05, 3.63) is 59.2 Å². The summed E-state index contributed by atoms with van der Waals surface area (Å²) in [4.78, 5) is 0. The van der Waals surface area contributed by atoms with Crippen LogP contribution in [0.2, 0.25) is 0 Å². The van der Waals surface area contributed by atoms with Gasteiger partial charge in [0.1, 0.15) is 0 Å². The number of benzene rings is 2. The van der Waals surface area contributed by atoms with E-state index < -0.39 is 17.9 Å². The van der Waals surface area contributed by atoms with Crippen molar-refractivity contribution in [2.24, 2.45) is 0 Å². The summed E-state index contributed by atoms with van der Waals surface area (Å²) in [6.07, 6.45) is -3.01. The van der Waals surface area contributed by atoms with Gasteiger partial charge in [-0.2, -0.15) is 0 Å². The van der Waals surface area contributed by atoms with E-state index in [0.29, 0.717) is 0 Å². The first-order valence-corrected chi connectivity index (χ1v) is 6.94. The van der Waals surface area contributed by atoms with Gasteiger partial charge in [0.15, 0.2) is 23.2 Å². The second-order valence-electron chi connectivity index (χ2n) is 5.01. The van der Waals surface area contributed by atoms with Crippen LogP contribution in [-0.4, -0.2) is 6.29 Å². The van der Waals surface area contributed by atoms with Crippen molar-refractivity contribution in [2.75, 3.05) is 0 Å². The molecule has 6 heteroatoms. The molecule has 0 atom stereocenters. The maximum Gasteiger partial charge on any atom is 0.586 e. The molecule has 0 unspecified atom stereocenters. The van der Waals surface area contributed by atoms with Crippen LogP contribution in [0, 0.1) is 0 Å². The number of hydrogen-bond donors (Lipinski definition) is 0. The Bertz CT molecular complexity index is 767. The quantitative estimate of drug-likeness (QED) is 0.561. The number of alkyl halides is 2. The van der Waals surface area contributed by atoms with Crippen molar-refractivity contribution >= 4 is 11.7 Å². The number of ether oxygens (including phenoxy) is 2. The topological polar surface area (TPSA) is 18.5 Å². The van der Waals surface area contributed by atoms with E-state index in [9.17, 15) is 17.6 Å². The smallest absolute Gasteiger partial charge is 0.395 e. The highest BCUT2D eigenvalue weighted by Crippen LogP contribution is 2.43. The van der Waals surface area contributed by atoms with Gasteiger partial charge in [-0.3, -0.25) is 0 Å². The average molecular weight is 324 g/mol. The lowest BCUT2D eigenvalue weighted by Gasteiger charge is -2.05. The molecule has 0 saturated heterocycles.